The number of tetrazole rings is 1. The molecular weight excluding hydrogens is 385 g/mol. The average Bonchev–Trinajstić information content (AvgIpc) is 3.20. The first-order chi connectivity index (χ1) is 14.2. The van der Waals surface area contributed by atoms with E-state index in [0.29, 0.717) is 18.2 Å². The summed E-state index contributed by atoms with van der Waals surface area (Å²) in [5, 5.41) is 21.0. The van der Waals surface area contributed by atoms with Crippen LogP contribution in [0.15, 0.2) is 42.9 Å². The Balaban J connectivity index is 1.50. The van der Waals surface area contributed by atoms with Crippen LogP contribution in [0.4, 0.5) is 21.8 Å². The topological polar surface area (TPSA) is 105 Å². The molecule has 0 radical (unpaired) electrons. The second kappa shape index (κ2) is 7.60. The number of nitrogens with zero attached hydrogens (tertiary/aromatic N) is 6. The molecule has 158 valence electrons. The Labute approximate surface area is 174 Å². The molecule has 1 aromatic carbocycles. The van der Waals surface area contributed by atoms with Gasteiger partial charge in [-0.05, 0) is 68.8 Å². The van der Waals surface area contributed by atoms with Crippen molar-refractivity contribution in [1.29, 1.82) is 0 Å². The third-order valence-electron chi connectivity index (χ3n) is 5.14. The van der Waals surface area contributed by atoms with Crippen LogP contribution in [0.3, 0.4) is 0 Å². The van der Waals surface area contributed by atoms with E-state index in [1.807, 2.05) is 38.1 Å². The van der Waals surface area contributed by atoms with E-state index in [1.165, 1.54) is 6.33 Å². The highest BCUT2D eigenvalue weighted by Gasteiger charge is 2.46. The number of aromatic nitrogens is 6. The maximum absolute atomic E-state index is 15.1. The summed E-state index contributed by atoms with van der Waals surface area (Å²) in [5.41, 5.74) is 0.768. The molecule has 0 spiro atoms. The van der Waals surface area contributed by atoms with Crippen LogP contribution in [0.1, 0.15) is 34.1 Å². The number of rotatable bonds is 5. The van der Waals surface area contributed by atoms with Crippen LogP contribution in [0, 0.1) is 0 Å². The van der Waals surface area contributed by atoms with E-state index < -0.39 is 11.7 Å². The summed E-state index contributed by atoms with van der Waals surface area (Å²) in [6.45, 7) is 7.94. The summed E-state index contributed by atoms with van der Waals surface area (Å²) in [6.07, 6.45) is 2.74. The van der Waals surface area contributed by atoms with E-state index in [4.69, 9.17) is 0 Å². The fraction of sp³-hybridized carbons (Fsp3) is 0.450. The molecule has 30 heavy (non-hydrogen) atoms. The molecule has 1 fully saturated rings. The smallest absolute Gasteiger partial charge is 0.229 e. The third kappa shape index (κ3) is 4.38. The van der Waals surface area contributed by atoms with Crippen molar-refractivity contribution in [3.05, 3.63) is 42.9 Å². The van der Waals surface area contributed by atoms with Gasteiger partial charge in [-0.15, -0.1) is 5.10 Å². The predicted octanol–water partition coefficient (Wildman–Crippen LogP) is 2.87. The molecule has 2 unspecified atom stereocenters. The minimum Gasteiger partial charge on any atom is -0.364 e. The molecule has 0 aliphatic carbocycles. The van der Waals surface area contributed by atoms with E-state index in [0.717, 1.165) is 11.4 Å². The van der Waals surface area contributed by atoms with Crippen molar-refractivity contribution < 1.29 is 4.39 Å². The first kappa shape index (κ1) is 20.1. The van der Waals surface area contributed by atoms with Gasteiger partial charge >= 0.3 is 0 Å². The van der Waals surface area contributed by atoms with Gasteiger partial charge in [0.25, 0.3) is 0 Å². The maximum atomic E-state index is 15.1. The zero-order valence-electron chi connectivity index (χ0n) is 17.5. The zero-order chi connectivity index (χ0) is 21.4. The predicted molar refractivity (Wildman–Crippen MR) is 113 cm³/mol. The quantitative estimate of drug-likeness (QED) is 0.589. The van der Waals surface area contributed by atoms with Crippen molar-refractivity contribution in [1.82, 2.24) is 35.5 Å². The van der Waals surface area contributed by atoms with Crippen LogP contribution in [0.2, 0.25) is 0 Å². The van der Waals surface area contributed by atoms with Crippen molar-refractivity contribution in [2.24, 2.45) is 0 Å². The Kier molecular flexibility index (Phi) is 5.10. The monoisotopic (exact) mass is 411 g/mol. The van der Waals surface area contributed by atoms with Crippen LogP contribution in [0.5, 0.6) is 0 Å². The highest BCUT2D eigenvalue weighted by Crippen LogP contribution is 2.32. The second-order valence-electron chi connectivity index (χ2n) is 8.78. The van der Waals surface area contributed by atoms with Gasteiger partial charge in [0.15, 0.2) is 0 Å². The number of piperidine rings is 1. The lowest BCUT2D eigenvalue weighted by Gasteiger charge is -2.49. The molecule has 0 amide bonds. The second-order valence-corrected chi connectivity index (χ2v) is 8.78. The Morgan fingerprint density at radius 2 is 2.03 bits per heavy atom. The lowest BCUT2D eigenvalue weighted by Crippen LogP contribution is -2.67. The molecule has 3 heterocycles. The fourth-order valence-corrected chi connectivity index (χ4v) is 4.10. The summed E-state index contributed by atoms with van der Waals surface area (Å²) in [7, 11) is 0. The molecule has 9 nitrogen and oxygen atoms in total. The number of benzene rings is 1. The molecule has 1 aliphatic rings. The van der Waals surface area contributed by atoms with E-state index in [-0.39, 0.29) is 11.6 Å². The third-order valence-corrected chi connectivity index (χ3v) is 5.14. The van der Waals surface area contributed by atoms with Crippen molar-refractivity contribution in [2.75, 3.05) is 10.6 Å². The molecule has 3 N–H and O–H groups in total. The molecule has 4 rings (SSSR count). The SMILES string of the molecule is CC1(C)CC(Nc2ccnc(Nc3cccc(-n4cnnn4)c3)n2)C(F)C(C)(C)N1. The van der Waals surface area contributed by atoms with Gasteiger partial charge in [-0.2, -0.15) is 4.98 Å². The molecule has 1 saturated heterocycles. The number of hydrogen-bond donors (Lipinski definition) is 3. The molecule has 10 heteroatoms. The van der Waals surface area contributed by atoms with Crippen LogP contribution >= 0.6 is 0 Å². The van der Waals surface area contributed by atoms with Crippen molar-refractivity contribution in [3.63, 3.8) is 0 Å². The van der Waals surface area contributed by atoms with Gasteiger partial charge in [0, 0.05) is 23.0 Å². The Morgan fingerprint density at radius 1 is 1.20 bits per heavy atom. The Bertz CT molecular complexity index is 1000. The van der Waals surface area contributed by atoms with Crippen molar-refractivity contribution in [3.8, 4) is 5.69 Å². The standard InChI is InChI=1S/C20H26FN9/c1-19(2)11-15(17(21)20(3,4)27-19)25-16-8-9-22-18(26-16)24-13-6-5-7-14(10-13)30-12-23-28-29-30/h5-10,12,15,17,27H,11H2,1-4H3,(H2,22,24,25,26). The van der Waals surface area contributed by atoms with Crippen LogP contribution in [-0.2, 0) is 0 Å². The number of anilines is 3. The highest BCUT2D eigenvalue weighted by molar-refractivity contribution is 5.58. The van der Waals surface area contributed by atoms with Gasteiger partial charge in [-0.25, -0.2) is 14.1 Å². The van der Waals surface area contributed by atoms with E-state index in [9.17, 15) is 0 Å². The number of hydrogen-bond acceptors (Lipinski definition) is 8. The van der Waals surface area contributed by atoms with E-state index in [1.54, 1.807) is 16.9 Å². The molecule has 0 saturated carbocycles. The summed E-state index contributed by atoms with van der Waals surface area (Å²) < 4.78 is 16.6. The summed E-state index contributed by atoms with van der Waals surface area (Å²) in [6, 6.07) is 8.94. The van der Waals surface area contributed by atoms with Gasteiger partial charge in [-0.1, -0.05) is 6.07 Å². The zero-order valence-corrected chi connectivity index (χ0v) is 17.5. The van der Waals surface area contributed by atoms with Gasteiger partial charge in [0.1, 0.15) is 18.3 Å². The first-order valence-corrected chi connectivity index (χ1v) is 9.85. The lowest BCUT2D eigenvalue weighted by molar-refractivity contribution is 0.0655. The first-order valence-electron chi connectivity index (χ1n) is 9.85. The molecule has 3 aromatic rings. The number of nitrogens with one attached hydrogen (secondary N) is 3. The normalized spacial score (nSPS) is 22.4. The van der Waals surface area contributed by atoms with Gasteiger partial charge in [-0.3, -0.25) is 0 Å². The van der Waals surface area contributed by atoms with Crippen molar-refractivity contribution >= 4 is 17.5 Å². The average molecular weight is 411 g/mol. The Hall–Kier alpha value is -3.14. The van der Waals surface area contributed by atoms with E-state index in [2.05, 4.69) is 55.3 Å². The molecule has 2 aromatic heterocycles. The van der Waals surface area contributed by atoms with Gasteiger partial charge in [0.2, 0.25) is 5.95 Å². The number of halogens is 1. The van der Waals surface area contributed by atoms with Crippen LogP contribution in [-0.4, -0.2) is 53.5 Å². The largest absolute Gasteiger partial charge is 0.364 e. The highest BCUT2D eigenvalue weighted by atomic mass is 19.1. The van der Waals surface area contributed by atoms with E-state index >= 15 is 4.39 Å². The summed E-state index contributed by atoms with van der Waals surface area (Å²) >= 11 is 0. The lowest BCUT2D eigenvalue weighted by atomic mass is 9.78. The maximum Gasteiger partial charge on any atom is 0.229 e. The number of alkyl halides is 1. The van der Waals surface area contributed by atoms with Gasteiger partial charge < -0.3 is 16.0 Å². The minimum atomic E-state index is -1.06. The minimum absolute atomic E-state index is 0.186. The fourth-order valence-electron chi connectivity index (χ4n) is 4.10. The summed E-state index contributed by atoms with van der Waals surface area (Å²) in [5.74, 6) is 0.988. The summed E-state index contributed by atoms with van der Waals surface area (Å²) in [4.78, 5) is 8.80. The molecule has 1 aliphatic heterocycles. The molecule has 0 bridgehead atoms. The molecule has 2 atom stereocenters. The van der Waals surface area contributed by atoms with Crippen molar-refractivity contribution in [2.45, 2.75) is 57.4 Å². The molecular formula is C20H26FN9. The van der Waals surface area contributed by atoms with Crippen LogP contribution in [0.25, 0.3) is 5.69 Å². The Morgan fingerprint density at radius 3 is 2.80 bits per heavy atom. The van der Waals surface area contributed by atoms with Crippen LogP contribution < -0.4 is 16.0 Å². The van der Waals surface area contributed by atoms with Gasteiger partial charge in [0.05, 0.1) is 11.7 Å².